The van der Waals surface area contributed by atoms with Crippen molar-refractivity contribution in [2.24, 2.45) is 82.9 Å². The highest BCUT2D eigenvalue weighted by atomic mass is 35.5. The summed E-state index contributed by atoms with van der Waals surface area (Å²) in [5.74, 6) is 2.02. The molecule has 0 aliphatic heterocycles. The van der Waals surface area contributed by atoms with Crippen LogP contribution in [-0.2, 0) is 0 Å². The number of alkyl halides is 4. The van der Waals surface area contributed by atoms with Crippen molar-refractivity contribution >= 4 is 92.8 Å². The number of rotatable bonds is 0. The predicted octanol–water partition coefficient (Wildman–Crippen LogP) is 10.3. The summed E-state index contributed by atoms with van der Waals surface area (Å²) < 4.78 is 0. The minimum atomic E-state index is -0.800. The highest BCUT2D eigenvalue weighted by Gasteiger charge is 2.84. The van der Waals surface area contributed by atoms with Crippen molar-refractivity contribution in [3.63, 3.8) is 0 Å². The third kappa shape index (κ3) is 2.38. The Balaban J connectivity index is 1.24. The fraction of sp³-hybridized carbons (Fsp3) is 0.688. The van der Waals surface area contributed by atoms with Crippen molar-refractivity contribution in [1.29, 1.82) is 0 Å². The molecule has 0 radical (unpaired) electrons. The van der Waals surface area contributed by atoms with Gasteiger partial charge in [0.25, 0.3) is 0 Å². The molecule has 0 N–H and O–H groups in total. The molecule has 0 aromatic heterocycles. The lowest BCUT2D eigenvalue weighted by Crippen LogP contribution is -2.81. The van der Waals surface area contributed by atoms with Gasteiger partial charge in [-0.25, -0.2) is 0 Å². The van der Waals surface area contributed by atoms with Crippen LogP contribution in [0, 0.1) is 82.9 Å². The Morgan fingerprint density at radius 1 is 0.375 bits per heavy atom. The van der Waals surface area contributed by atoms with Gasteiger partial charge in [-0.1, -0.05) is 82.9 Å². The Morgan fingerprint density at radius 3 is 0.800 bits per heavy atom. The maximum atomic E-state index is 8.06. The van der Waals surface area contributed by atoms with Crippen molar-refractivity contribution in [3.05, 3.63) is 56.6 Å². The Kier molecular flexibility index (Phi) is 5.05. The molecule has 15 aliphatic rings. The van der Waals surface area contributed by atoms with E-state index >= 15 is 0 Å². The van der Waals surface area contributed by atoms with Crippen molar-refractivity contribution in [1.82, 2.24) is 0 Å². The summed E-state index contributed by atoms with van der Waals surface area (Å²) in [6.07, 6.45) is 18.7. The van der Waals surface area contributed by atoms with E-state index in [0.717, 1.165) is 25.7 Å². The van der Waals surface area contributed by atoms with Gasteiger partial charge < -0.3 is 0 Å². The zero-order chi connectivity index (χ0) is 27.5. The molecule has 0 spiro atoms. The van der Waals surface area contributed by atoms with Crippen LogP contribution in [0.1, 0.15) is 25.7 Å². The first-order chi connectivity index (χ1) is 19.0. The molecule has 0 heterocycles. The molecular weight excluding hydrogens is 668 g/mol. The van der Waals surface area contributed by atoms with E-state index < -0.39 is 19.5 Å². The van der Waals surface area contributed by atoms with Crippen LogP contribution in [0.4, 0.5) is 0 Å². The molecule has 15 rings (SSSR count). The second-order valence-corrected chi connectivity index (χ2v) is 18.7. The van der Waals surface area contributed by atoms with Crippen LogP contribution < -0.4 is 0 Å². The van der Waals surface area contributed by atoms with Crippen LogP contribution in [-0.4, -0.2) is 19.5 Å². The summed E-state index contributed by atoms with van der Waals surface area (Å²) >= 11 is 61.4. The quantitative estimate of drug-likeness (QED) is 0.175. The summed E-state index contributed by atoms with van der Waals surface area (Å²) in [6.45, 7) is 0. The Morgan fingerprint density at radius 2 is 0.600 bits per heavy atom. The van der Waals surface area contributed by atoms with E-state index in [1.165, 1.54) is 0 Å². The monoisotopic (exact) mass is 692 g/mol. The molecule has 8 heteroatoms. The average molecular weight is 696 g/mol. The van der Waals surface area contributed by atoms with Gasteiger partial charge in [0, 0.05) is 0 Å². The van der Waals surface area contributed by atoms with Gasteiger partial charge in [-0.15, -0.1) is 46.4 Å². The minimum Gasteiger partial charge on any atom is -0.112 e. The van der Waals surface area contributed by atoms with Gasteiger partial charge in [0.1, 0.15) is 0 Å². The first kappa shape index (κ1) is 26.3. The minimum absolute atomic E-state index is 0.000158. The smallest absolute Gasteiger partial charge is 0.0887 e. The van der Waals surface area contributed by atoms with Crippen molar-refractivity contribution in [2.75, 3.05) is 0 Å². The van der Waals surface area contributed by atoms with Gasteiger partial charge in [0.15, 0.2) is 0 Å². The molecule has 10 bridgehead atoms. The number of hydrogen-bond acceptors (Lipinski definition) is 0. The molecular formula is C32H28Cl8. The lowest BCUT2D eigenvalue weighted by atomic mass is 9.30. The molecule has 5 fully saturated rings. The largest absolute Gasteiger partial charge is 0.112 e. The predicted molar refractivity (Wildman–Crippen MR) is 167 cm³/mol. The molecule has 0 saturated heterocycles. The fourth-order valence-corrected chi connectivity index (χ4v) is 17.8. The van der Waals surface area contributed by atoms with Gasteiger partial charge in [-0.05, 0) is 109 Å². The maximum absolute atomic E-state index is 8.06. The maximum Gasteiger partial charge on any atom is 0.0887 e. The zero-order valence-electron chi connectivity index (χ0n) is 21.4. The van der Waals surface area contributed by atoms with Crippen LogP contribution in [0.5, 0.6) is 0 Å². The third-order valence-corrected chi connectivity index (χ3v) is 19.5. The molecule has 15 aliphatic carbocycles. The molecule has 0 aromatic rings. The van der Waals surface area contributed by atoms with Crippen LogP contribution in [0.3, 0.4) is 0 Å². The average Bonchev–Trinajstić information content (AvgIpc) is 2.99. The molecule has 212 valence electrons. The molecule has 40 heavy (non-hydrogen) atoms. The molecule has 0 amide bonds. The van der Waals surface area contributed by atoms with Gasteiger partial charge >= 0.3 is 0 Å². The van der Waals surface area contributed by atoms with Crippen LogP contribution >= 0.6 is 92.8 Å². The number of fused-ring (bicyclic) bond motifs is 2. The summed E-state index contributed by atoms with van der Waals surface area (Å²) in [7, 11) is 0. The Hall–Kier alpha value is 1.02. The zero-order valence-corrected chi connectivity index (χ0v) is 27.4. The van der Waals surface area contributed by atoms with Gasteiger partial charge in [-0.2, -0.15) is 0 Å². The van der Waals surface area contributed by atoms with E-state index in [9.17, 15) is 0 Å². The van der Waals surface area contributed by atoms with E-state index in [0.29, 0.717) is 43.8 Å². The molecule has 5 saturated carbocycles. The molecule has 0 nitrogen and oxygen atoms in total. The van der Waals surface area contributed by atoms with Gasteiger partial charge in [0.05, 0.1) is 39.6 Å². The summed E-state index contributed by atoms with van der Waals surface area (Å²) in [6, 6.07) is 0. The number of hydrogen-bond donors (Lipinski definition) is 0. The standard InChI is InChI=1S/C32H28Cl8/c33-25-26(34)30(38)18-12-2-1-11(3-4-12)17(18)29(25,37)21-15-9-10-16(22(21)30)24-23(15)31(39)19-13-5-7-14(8-6-13)20(19)32(24,40)28(36)27(31)35/h1-2,5,7,9-24H,3-4,6,8H2/t11-,12+,13+,14-,15?,16?,17-,18+,19+,20-,21+,22-,23-,24+,29+,30-,31-,32+. The van der Waals surface area contributed by atoms with E-state index in [2.05, 4.69) is 36.5 Å². The van der Waals surface area contributed by atoms with Crippen LogP contribution in [0.2, 0.25) is 0 Å². The topological polar surface area (TPSA) is 0 Å². The van der Waals surface area contributed by atoms with Crippen molar-refractivity contribution in [3.8, 4) is 0 Å². The molecule has 2 unspecified atom stereocenters. The molecule has 18 atom stereocenters. The highest BCUT2D eigenvalue weighted by Crippen LogP contribution is 2.84. The second-order valence-electron chi connectivity index (χ2n) is 14.7. The van der Waals surface area contributed by atoms with E-state index in [4.69, 9.17) is 92.8 Å². The first-order valence-corrected chi connectivity index (χ1v) is 18.0. The third-order valence-electron chi connectivity index (χ3n) is 14.1. The SMILES string of the molecule is ClC1=C(Cl)[C@]2(Cl)[C@H]3[C@H]([C@H]4C=C[C@@H]3CC4)[C@@]1(Cl)[C@@H]1C3C=CC([C@@H]4[C@H]3[C@]3(Cl)C(Cl)=C(Cl)[C@@]4(Cl)[C@@H]4[C@H]3[C@@H]3C=C[C@H]4CC3)[C@@H]12. The van der Waals surface area contributed by atoms with E-state index in [1.807, 2.05) is 0 Å². The van der Waals surface area contributed by atoms with Gasteiger partial charge in [-0.3, -0.25) is 0 Å². The molecule has 0 aromatic carbocycles. The van der Waals surface area contributed by atoms with E-state index in [-0.39, 0.29) is 59.2 Å². The first-order valence-electron chi connectivity index (χ1n) is 15.0. The van der Waals surface area contributed by atoms with Gasteiger partial charge in [0.2, 0.25) is 0 Å². The van der Waals surface area contributed by atoms with Crippen LogP contribution in [0.15, 0.2) is 56.6 Å². The number of halogens is 8. The Bertz CT molecular complexity index is 1240. The van der Waals surface area contributed by atoms with Crippen molar-refractivity contribution in [2.45, 2.75) is 45.2 Å². The second kappa shape index (κ2) is 7.69. The fourth-order valence-electron chi connectivity index (χ4n) is 13.3. The summed E-state index contributed by atoms with van der Waals surface area (Å²) in [4.78, 5) is -3.20. The van der Waals surface area contributed by atoms with E-state index in [1.54, 1.807) is 0 Å². The summed E-state index contributed by atoms with van der Waals surface area (Å²) in [5, 5.41) is 2.26. The van der Waals surface area contributed by atoms with Crippen LogP contribution in [0.25, 0.3) is 0 Å². The lowest BCUT2D eigenvalue weighted by molar-refractivity contribution is -0.169. The lowest BCUT2D eigenvalue weighted by Gasteiger charge is -2.79. The Labute approximate surface area is 275 Å². The van der Waals surface area contributed by atoms with Crippen molar-refractivity contribution < 1.29 is 0 Å². The normalized spacial score (nSPS) is 66.0. The summed E-state index contributed by atoms with van der Waals surface area (Å²) in [5.41, 5.74) is 0. The highest BCUT2D eigenvalue weighted by molar-refractivity contribution is 6.51. The number of allylic oxidation sites excluding steroid dienone is 10.